The van der Waals surface area contributed by atoms with Crippen molar-refractivity contribution in [1.29, 1.82) is 5.26 Å². The number of aromatic nitrogens is 2. The number of benzene rings is 1. The molecule has 0 saturated heterocycles. The van der Waals surface area contributed by atoms with E-state index in [0.29, 0.717) is 16.8 Å². The van der Waals surface area contributed by atoms with Gasteiger partial charge in [-0.2, -0.15) is 5.26 Å². The molecule has 4 rings (SSSR count). The lowest BCUT2D eigenvalue weighted by molar-refractivity contribution is -0.129. The number of carboxylic acids is 1. The molecule has 0 amide bonds. The molecule has 32 heavy (non-hydrogen) atoms. The third kappa shape index (κ3) is 4.00. The number of nitrogens with zero attached hydrogens (tertiary/aromatic N) is 4. The van der Waals surface area contributed by atoms with Gasteiger partial charge in [0.15, 0.2) is 5.71 Å². The number of thioether (sulfide) groups is 1. The Morgan fingerprint density at radius 1 is 1.38 bits per heavy atom. The van der Waals surface area contributed by atoms with Crippen molar-refractivity contribution in [3.05, 3.63) is 64.9 Å². The summed E-state index contributed by atoms with van der Waals surface area (Å²) in [6.07, 6.45) is 1.52. The summed E-state index contributed by atoms with van der Waals surface area (Å²) in [5.74, 6) is -1.82. The molecule has 0 fully saturated rings. The molecule has 3 aromatic rings. The molecule has 1 aliphatic heterocycles. The number of carbonyl (C=O) groups is 1. The summed E-state index contributed by atoms with van der Waals surface area (Å²) in [5.41, 5.74) is 8.83. The van der Waals surface area contributed by atoms with Gasteiger partial charge in [-0.1, -0.05) is 23.5 Å². The normalized spacial score (nSPS) is 15.9. The van der Waals surface area contributed by atoms with Crippen molar-refractivity contribution < 1.29 is 14.3 Å². The number of hydrogen-bond donors (Lipinski definition) is 2. The van der Waals surface area contributed by atoms with E-state index in [1.54, 1.807) is 23.9 Å². The van der Waals surface area contributed by atoms with Crippen LogP contribution in [-0.2, 0) is 4.79 Å². The molecule has 3 heterocycles. The first-order chi connectivity index (χ1) is 15.3. The molecule has 0 spiro atoms. The van der Waals surface area contributed by atoms with Crippen molar-refractivity contribution in [3.63, 3.8) is 0 Å². The Hall–Kier alpha value is -3.55. The van der Waals surface area contributed by atoms with Gasteiger partial charge in [-0.3, -0.25) is 4.98 Å². The van der Waals surface area contributed by atoms with Crippen LogP contribution in [-0.4, -0.2) is 26.8 Å². The zero-order chi connectivity index (χ0) is 23.0. The number of fused-ring (bicyclic) bond motifs is 3. The summed E-state index contributed by atoms with van der Waals surface area (Å²) < 4.78 is 14.6. The van der Waals surface area contributed by atoms with E-state index in [1.807, 2.05) is 6.92 Å². The van der Waals surface area contributed by atoms with Crippen molar-refractivity contribution in [2.45, 2.75) is 23.3 Å². The van der Waals surface area contributed by atoms with Gasteiger partial charge < -0.3 is 10.8 Å². The quantitative estimate of drug-likeness (QED) is 0.523. The number of rotatable bonds is 4. The summed E-state index contributed by atoms with van der Waals surface area (Å²) >= 11 is 2.79. The molecular weight excluding hydrogens is 449 g/mol. The highest BCUT2D eigenvalue weighted by atomic mass is 32.2. The molecule has 160 valence electrons. The van der Waals surface area contributed by atoms with Gasteiger partial charge in [0, 0.05) is 23.0 Å². The Morgan fingerprint density at radius 2 is 2.16 bits per heavy atom. The maximum Gasteiger partial charge on any atom is 0.355 e. The molecule has 7 nitrogen and oxygen atoms in total. The van der Waals surface area contributed by atoms with Gasteiger partial charge in [-0.15, -0.1) is 11.8 Å². The lowest BCUT2D eigenvalue weighted by Crippen LogP contribution is -2.18. The first-order valence-electron chi connectivity index (χ1n) is 9.41. The van der Waals surface area contributed by atoms with Gasteiger partial charge in [-0.05, 0) is 37.6 Å². The SMILES string of the molecule is CC(N)=C(C(=Nc1nc2c(s1)SC(C)c1ncc(C#N)cc1-2)C(=O)O)c1cccc(F)c1. The molecule has 0 aliphatic carbocycles. The van der Waals surface area contributed by atoms with Crippen LogP contribution >= 0.6 is 23.1 Å². The third-order valence-electron chi connectivity index (χ3n) is 4.71. The van der Waals surface area contributed by atoms with Crippen molar-refractivity contribution in [1.82, 2.24) is 9.97 Å². The summed E-state index contributed by atoms with van der Waals surface area (Å²) in [7, 11) is 0. The first kappa shape index (κ1) is 21.7. The molecule has 1 aromatic carbocycles. The second-order valence-corrected chi connectivity index (χ2v) is 9.58. The van der Waals surface area contributed by atoms with Gasteiger partial charge in [0.1, 0.15) is 11.9 Å². The number of aliphatic imine (C=N–C) groups is 1. The highest BCUT2D eigenvalue weighted by molar-refractivity contribution is 8.01. The summed E-state index contributed by atoms with van der Waals surface area (Å²) in [6.45, 7) is 3.54. The molecule has 1 aliphatic rings. The van der Waals surface area contributed by atoms with E-state index < -0.39 is 11.8 Å². The molecule has 0 radical (unpaired) electrons. The predicted molar refractivity (Wildman–Crippen MR) is 122 cm³/mol. The standard InChI is InChI=1S/C22H16FN5O2S2/c1-10(25)16(13-4-3-5-14(23)7-13)19(20(29)30)28-22-27-18-15-6-12(8-24)9-26-17(15)11(2)31-21(18)32-22/h3-7,9,11H,25H2,1-2H3,(H,29,30). The van der Waals surface area contributed by atoms with E-state index in [0.717, 1.165) is 15.5 Å². The van der Waals surface area contributed by atoms with E-state index in [-0.39, 0.29) is 27.4 Å². The zero-order valence-corrected chi connectivity index (χ0v) is 18.6. The number of hydrogen-bond acceptors (Lipinski definition) is 8. The summed E-state index contributed by atoms with van der Waals surface area (Å²) in [5, 5.41) is 19.4. The van der Waals surface area contributed by atoms with Crippen molar-refractivity contribution in [2.24, 2.45) is 10.7 Å². The van der Waals surface area contributed by atoms with Crippen LogP contribution in [0.1, 0.15) is 35.9 Å². The predicted octanol–water partition coefficient (Wildman–Crippen LogP) is 4.93. The van der Waals surface area contributed by atoms with Gasteiger partial charge in [-0.25, -0.2) is 19.2 Å². The number of allylic oxidation sites excluding steroid dienone is 1. The number of nitrogens with two attached hydrogens (primary N) is 1. The number of thiazole rings is 1. The first-order valence-corrected chi connectivity index (χ1v) is 11.1. The Kier molecular flexibility index (Phi) is 5.78. The number of halogens is 1. The van der Waals surface area contributed by atoms with Crippen molar-refractivity contribution in [2.75, 3.05) is 0 Å². The van der Waals surface area contributed by atoms with Crippen LogP contribution in [0.15, 0.2) is 51.4 Å². The Balaban J connectivity index is 1.85. The average molecular weight is 466 g/mol. The second-order valence-electron chi connectivity index (χ2n) is 7.00. The minimum absolute atomic E-state index is 0.0375. The topological polar surface area (TPSA) is 125 Å². The van der Waals surface area contributed by atoms with Gasteiger partial charge in [0.25, 0.3) is 0 Å². The molecule has 1 atom stereocenters. The van der Waals surface area contributed by atoms with E-state index in [1.165, 1.54) is 42.7 Å². The van der Waals surface area contributed by atoms with Crippen molar-refractivity contribution in [3.8, 4) is 17.3 Å². The maximum atomic E-state index is 13.8. The van der Waals surface area contributed by atoms with Gasteiger partial charge in [0.05, 0.1) is 26.4 Å². The minimum Gasteiger partial charge on any atom is -0.476 e. The summed E-state index contributed by atoms with van der Waals surface area (Å²) in [6, 6.07) is 9.32. The van der Waals surface area contributed by atoms with E-state index in [2.05, 4.69) is 21.0 Å². The fourth-order valence-electron chi connectivity index (χ4n) is 3.36. The van der Waals surface area contributed by atoms with E-state index >= 15 is 0 Å². The molecule has 2 aromatic heterocycles. The van der Waals surface area contributed by atoms with Crippen LogP contribution in [0.5, 0.6) is 0 Å². The van der Waals surface area contributed by atoms with Crippen LogP contribution in [0.25, 0.3) is 16.8 Å². The Morgan fingerprint density at radius 3 is 2.81 bits per heavy atom. The number of nitriles is 1. The fraction of sp³-hybridized carbons (Fsp3) is 0.136. The molecule has 3 N–H and O–H groups in total. The molecule has 0 bridgehead atoms. The number of aliphatic carboxylic acids is 1. The molecule has 10 heteroatoms. The fourth-order valence-corrected chi connectivity index (χ4v) is 5.79. The molecule has 1 unspecified atom stereocenters. The third-order valence-corrected chi connectivity index (χ3v) is 6.98. The monoisotopic (exact) mass is 465 g/mol. The summed E-state index contributed by atoms with van der Waals surface area (Å²) in [4.78, 5) is 25.3. The molecular formula is C22H16FN5O2S2. The average Bonchev–Trinajstić information content (AvgIpc) is 3.15. The van der Waals surface area contributed by atoms with E-state index in [4.69, 9.17) is 5.73 Å². The number of carboxylic acid groups (broad SMARTS) is 1. The largest absolute Gasteiger partial charge is 0.476 e. The number of pyridine rings is 1. The lowest BCUT2D eigenvalue weighted by atomic mass is 9.99. The minimum atomic E-state index is -1.31. The smallest absolute Gasteiger partial charge is 0.355 e. The van der Waals surface area contributed by atoms with Crippen LogP contribution in [0.4, 0.5) is 9.52 Å². The molecule has 0 saturated carbocycles. The van der Waals surface area contributed by atoms with Gasteiger partial charge >= 0.3 is 5.97 Å². The Labute approximate surface area is 191 Å². The van der Waals surface area contributed by atoms with Crippen molar-refractivity contribution >= 4 is 45.5 Å². The van der Waals surface area contributed by atoms with Gasteiger partial charge in [0.2, 0.25) is 5.13 Å². The van der Waals surface area contributed by atoms with E-state index in [9.17, 15) is 19.6 Å². The highest BCUT2D eigenvalue weighted by Gasteiger charge is 2.29. The zero-order valence-electron chi connectivity index (χ0n) is 17.0. The maximum absolute atomic E-state index is 13.8. The Bertz CT molecular complexity index is 1350. The second kappa shape index (κ2) is 8.53. The van der Waals surface area contributed by atoms with Crippen LogP contribution in [0.3, 0.4) is 0 Å². The highest BCUT2D eigenvalue weighted by Crippen LogP contribution is 2.51. The van der Waals surface area contributed by atoms with Crippen LogP contribution in [0.2, 0.25) is 0 Å². The lowest BCUT2D eigenvalue weighted by Gasteiger charge is -2.19. The van der Waals surface area contributed by atoms with Crippen LogP contribution < -0.4 is 5.73 Å². The van der Waals surface area contributed by atoms with Crippen LogP contribution in [0, 0.1) is 17.1 Å².